The lowest BCUT2D eigenvalue weighted by atomic mass is 9.83. The number of nitrogens with one attached hydrogen (secondary N) is 1. The van der Waals surface area contributed by atoms with Crippen LogP contribution in [-0.4, -0.2) is 49.6 Å². The second-order valence-electron chi connectivity index (χ2n) is 6.40. The molecule has 0 aliphatic heterocycles. The summed E-state index contributed by atoms with van der Waals surface area (Å²) in [7, 11) is 0. The van der Waals surface area contributed by atoms with Crippen molar-refractivity contribution in [2.24, 2.45) is 0 Å². The number of phenols is 2. The average Bonchev–Trinajstić information content (AvgIpc) is 2.55. The van der Waals surface area contributed by atoms with E-state index >= 15 is 0 Å². The maximum atomic E-state index is 10.3. The van der Waals surface area contributed by atoms with E-state index in [1.54, 1.807) is 6.07 Å². The number of aliphatic hydroxyl groups is 1. The number of phenolic OH excluding ortho intramolecular Hbond substituents is 2. The number of carboxylic acid groups (broad SMARTS) is 2. The minimum Gasteiger partial charge on any atom is -0.504 e. The first kappa shape index (κ1) is 19.7. The number of carbonyl (C=O) groups is 2. The Bertz CT molecular complexity index is 681. The molecule has 8 nitrogen and oxygen atoms in total. The third-order valence-electron chi connectivity index (χ3n) is 4.63. The molecule has 1 aromatic rings. The first-order valence-corrected chi connectivity index (χ1v) is 8.41. The van der Waals surface area contributed by atoms with Gasteiger partial charge >= 0.3 is 11.9 Å². The number of fused-ring (bicyclic) bond motifs is 1. The smallest absolute Gasteiger partial charge is 0.328 e. The fourth-order valence-corrected chi connectivity index (χ4v) is 3.05. The summed E-state index contributed by atoms with van der Waals surface area (Å²) in [5.74, 6) is -2.69. The van der Waals surface area contributed by atoms with Gasteiger partial charge in [-0.3, -0.25) is 0 Å². The van der Waals surface area contributed by atoms with Crippen molar-refractivity contribution in [3.05, 3.63) is 35.4 Å². The molecule has 0 radical (unpaired) electrons. The van der Waals surface area contributed by atoms with Crippen LogP contribution in [0.4, 0.5) is 0 Å². The highest BCUT2D eigenvalue weighted by Crippen LogP contribution is 2.40. The standard InChI is InChI=1S/C14H19NO3.C4H4O4/c16-12-7-5-9-10(14(12)18)4-6-11(13(9)17)15-8-2-1-3-8;5-3(6)1-2-4(7)8/h5,7-8,11,13,15-18H,1-4,6H2;1-2H,(H,5,6)(H,7,8). The lowest BCUT2D eigenvalue weighted by Crippen LogP contribution is -2.46. The summed E-state index contributed by atoms with van der Waals surface area (Å²) in [5.41, 5.74) is 1.43. The van der Waals surface area contributed by atoms with Crippen LogP contribution >= 0.6 is 0 Å². The molecule has 0 bridgehead atoms. The van der Waals surface area contributed by atoms with Crippen LogP contribution in [0.2, 0.25) is 0 Å². The largest absolute Gasteiger partial charge is 0.504 e. The molecular formula is C18H23NO7. The van der Waals surface area contributed by atoms with Crippen LogP contribution in [0.15, 0.2) is 24.3 Å². The summed E-state index contributed by atoms with van der Waals surface area (Å²) in [4.78, 5) is 19.1. The quantitative estimate of drug-likeness (QED) is 0.346. The molecule has 2 aliphatic carbocycles. The molecule has 0 aromatic heterocycles. The summed E-state index contributed by atoms with van der Waals surface area (Å²) in [6, 6.07) is 3.76. The van der Waals surface area contributed by atoms with E-state index in [0.717, 1.165) is 12.0 Å². The average molecular weight is 365 g/mol. The Balaban J connectivity index is 0.000000260. The number of carboxylic acids is 2. The van der Waals surface area contributed by atoms with Gasteiger partial charge in [0.15, 0.2) is 11.5 Å². The Morgan fingerprint density at radius 2 is 1.65 bits per heavy atom. The predicted octanol–water partition coefficient (Wildman–Crippen LogP) is 1.30. The van der Waals surface area contributed by atoms with Gasteiger partial charge in [-0.2, -0.15) is 0 Å². The van der Waals surface area contributed by atoms with Crippen LogP contribution in [0, 0.1) is 0 Å². The Hall–Kier alpha value is -2.58. The molecule has 0 heterocycles. The van der Waals surface area contributed by atoms with Crippen molar-refractivity contribution in [3.8, 4) is 11.5 Å². The van der Waals surface area contributed by atoms with E-state index < -0.39 is 18.0 Å². The fourth-order valence-electron chi connectivity index (χ4n) is 3.05. The van der Waals surface area contributed by atoms with Crippen LogP contribution in [0.1, 0.15) is 42.9 Å². The molecule has 8 heteroatoms. The Kier molecular flexibility index (Phi) is 6.59. The van der Waals surface area contributed by atoms with Gasteiger partial charge in [-0.15, -0.1) is 0 Å². The number of hydrogen-bond acceptors (Lipinski definition) is 6. The zero-order valence-corrected chi connectivity index (χ0v) is 14.1. The Labute approximate surface area is 150 Å². The number of aliphatic carboxylic acids is 2. The number of aliphatic hydroxyl groups excluding tert-OH is 1. The molecule has 2 unspecified atom stereocenters. The number of hydrogen-bond donors (Lipinski definition) is 6. The van der Waals surface area contributed by atoms with E-state index in [-0.39, 0.29) is 17.5 Å². The van der Waals surface area contributed by atoms with Crippen molar-refractivity contribution in [2.45, 2.75) is 50.3 Å². The summed E-state index contributed by atoms with van der Waals surface area (Å²) in [6.45, 7) is 0. The van der Waals surface area contributed by atoms with E-state index in [4.69, 9.17) is 10.2 Å². The lowest BCUT2D eigenvalue weighted by Gasteiger charge is -2.37. The molecule has 1 fully saturated rings. The molecule has 1 aromatic carbocycles. The van der Waals surface area contributed by atoms with Gasteiger partial charge < -0.3 is 30.8 Å². The van der Waals surface area contributed by atoms with E-state index in [2.05, 4.69) is 5.32 Å². The highest BCUT2D eigenvalue weighted by molar-refractivity contribution is 5.89. The third kappa shape index (κ3) is 4.96. The van der Waals surface area contributed by atoms with Gasteiger partial charge in [-0.1, -0.05) is 12.5 Å². The number of aromatic hydroxyl groups is 2. The van der Waals surface area contributed by atoms with Gasteiger partial charge in [0.1, 0.15) is 0 Å². The highest BCUT2D eigenvalue weighted by atomic mass is 16.4. The van der Waals surface area contributed by atoms with Crippen LogP contribution < -0.4 is 5.32 Å². The van der Waals surface area contributed by atoms with Gasteiger partial charge in [0.25, 0.3) is 0 Å². The van der Waals surface area contributed by atoms with Crippen LogP contribution in [0.5, 0.6) is 11.5 Å². The summed E-state index contributed by atoms with van der Waals surface area (Å²) < 4.78 is 0. The first-order valence-electron chi connectivity index (χ1n) is 8.41. The van der Waals surface area contributed by atoms with E-state index in [0.29, 0.717) is 30.2 Å². The highest BCUT2D eigenvalue weighted by Gasteiger charge is 2.32. The van der Waals surface area contributed by atoms with Crippen molar-refractivity contribution in [2.75, 3.05) is 0 Å². The summed E-state index contributed by atoms with van der Waals surface area (Å²) in [6.07, 6.45) is 5.66. The molecule has 26 heavy (non-hydrogen) atoms. The van der Waals surface area contributed by atoms with E-state index in [1.165, 1.54) is 25.3 Å². The molecule has 2 atom stereocenters. The SMILES string of the molecule is O=C(O)C=CC(=O)O.Oc1ccc2c(c1O)CCC(NC1CCC1)C2O. The van der Waals surface area contributed by atoms with Gasteiger partial charge in [0.2, 0.25) is 0 Å². The molecule has 0 amide bonds. The van der Waals surface area contributed by atoms with Crippen molar-refractivity contribution in [1.29, 1.82) is 0 Å². The van der Waals surface area contributed by atoms with Crippen LogP contribution in [0.3, 0.4) is 0 Å². The molecule has 0 spiro atoms. The lowest BCUT2D eigenvalue weighted by molar-refractivity contribution is -0.134. The minimum absolute atomic E-state index is 0.0618. The number of benzene rings is 1. The molecule has 6 N–H and O–H groups in total. The second kappa shape index (κ2) is 8.68. The Morgan fingerprint density at radius 3 is 2.15 bits per heavy atom. The van der Waals surface area contributed by atoms with Gasteiger partial charge in [-0.25, -0.2) is 9.59 Å². The van der Waals surface area contributed by atoms with Crippen molar-refractivity contribution < 1.29 is 35.1 Å². The minimum atomic E-state index is -1.26. The van der Waals surface area contributed by atoms with E-state index in [1.807, 2.05) is 0 Å². The van der Waals surface area contributed by atoms with Gasteiger partial charge in [-0.05, 0) is 37.3 Å². The number of rotatable bonds is 4. The van der Waals surface area contributed by atoms with Crippen LogP contribution in [0.25, 0.3) is 0 Å². The normalized spacial score (nSPS) is 22.0. The molecular weight excluding hydrogens is 342 g/mol. The molecule has 0 saturated heterocycles. The summed E-state index contributed by atoms with van der Waals surface area (Å²) >= 11 is 0. The van der Waals surface area contributed by atoms with E-state index in [9.17, 15) is 24.9 Å². The molecule has 142 valence electrons. The van der Waals surface area contributed by atoms with Gasteiger partial charge in [0, 0.05) is 29.8 Å². The first-order chi connectivity index (χ1) is 12.3. The third-order valence-corrected chi connectivity index (χ3v) is 4.63. The maximum absolute atomic E-state index is 10.3. The fraction of sp³-hybridized carbons (Fsp3) is 0.444. The van der Waals surface area contributed by atoms with Crippen molar-refractivity contribution >= 4 is 11.9 Å². The monoisotopic (exact) mass is 365 g/mol. The van der Waals surface area contributed by atoms with Crippen LogP contribution in [-0.2, 0) is 16.0 Å². The zero-order chi connectivity index (χ0) is 19.3. The van der Waals surface area contributed by atoms with Crippen molar-refractivity contribution in [1.82, 2.24) is 5.32 Å². The topological polar surface area (TPSA) is 147 Å². The Morgan fingerprint density at radius 1 is 1.04 bits per heavy atom. The predicted molar refractivity (Wildman–Crippen MR) is 92.0 cm³/mol. The molecule has 2 aliphatic rings. The summed E-state index contributed by atoms with van der Waals surface area (Å²) in [5, 5.41) is 48.7. The zero-order valence-electron chi connectivity index (χ0n) is 14.1. The second-order valence-corrected chi connectivity index (χ2v) is 6.40. The maximum Gasteiger partial charge on any atom is 0.328 e. The molecule has 1 saturated carbocycles. The van der Waals surface area contributed by atoms with Gasteiger partial charge in [0.05, 0.1) is 6.10 Å². The van der Waals surface area contributed by atoms with Crippen molar-refractivity contribution in [3.63, 3.8) is 0 Å². The molecule has 3 rings (SSSR count).